The lowest BCUT2D eigenvalue weighted by Gasteiger charge is -2.25. The van der Waals surface area contributed by atoms with Crippen LogP contribution in [0.25, 0.3) is 10.9 Å². The minimum Gasteiger partial charge on any atom is -0.480 e. The number of carbonyl (C=O) groups is 5. The average molecular weight is 567 g/mol. The number of carboxylic acids is 1. The maximum Gasteiger partial charge on any atom is 0.326 e. The third-order valence-electron chi connectivity index (χ3n) is 5.80. The van der Waals surface area contributed by atoms with Gasteiger partial charge in [0.15, 0.2) is 0 Å². The minimum absolute atomic E-state index is 0.0308. The molecule has 2 aromatic rings. The van der Waals surface area contributed by atoms with E-state index in [2.05, 4.69) is 33.6 Å². The highest BCUT2D eigenvalue weighted by Gasteiger charge is 2.31. The minimum atomic E-state index is -1.39. The van der Waals surface area contributed by atoms with Crippen LogP contribution >= 0.6 is 24.4 Å². The van der Waals surface area contributed by atoms with Gasteiger partial charge in [0.25, 0.3) is 0 Å². The van der Waals surface area contributed by atoms with Crippen LogP contribution in [-0.2, 0) is 30.4 Å². The predicted octanol–water partition coefficient (Wildman–Crippen LogP) is -0.475. The highest BCUT2D eigenvalue weighted by atomic mass is 32.2. The van der Waals surface area contributed by atoms with Crippen molar-refractivity contribution in [3.63, 3.8) is 0 Å². The first kappa shape index (κ1) is 31.0. The largest absolute Gasteiger partial charge is 0.480 e. The molecule has 0 aliphatic carbocycles. The molecule has 0 aliphatic heterocycles. The third kappa shape index (κ3) is 9.26. The Bertz CT molecular complexity index is 1140. The molecule has 14 heteroatoms. The van der Waals surface area contributed by atoms with E-state index in [0.29, 0.717) is 11.3 Å². The smallest absolute Gasteiger partial charge is 0.326 e. The number of aliphatic carboxylic acids is 1. The molecule has 0 aliphatic rings. The lowest BCUT2D eigenvalue weighted by molar-refractivity contribution is -0.142. The SMILES string of the molecule is CSCCC(NC(=O)C(N)CS)C(=O)NC(Cc1c[nH]c2ccccc12)C(=O)NC(CCC(N)=O)C(=O)O. The number of fused-ring (bicyclic) bond motifs is 1. The summed E-state index contributed by atoms with van der Waals surface area (Å²) in [4.78, 5) is 64.9. The van der Waals surface area contributed by atoms with Gasteiger partial charge in [0.2, 0.25) is 23.6 Å². The van der Waals surface area contributed by atoms with Gasteiger partial charge >= 0.3 is 5.97 Å². The Labute approximate surface area is 229 Å². The number of carbonyl (C=O) groups excluding carboxylic acids is 4. The molecule has 0 radical (unpaired) electrons. The molecule has 0 fully saturated rings. The first-order valence-electron chi connectivity index (χ1n) is 11.9. The van der Waals surface area contributed by atoms with E-state index in [0.717, 1.165) is 10.9 Å². The number of carboxylic acid groups (broad SMARTS) is 1. The number of para-hydroxylation sites is 1. The number of thioether (sulfide) groups is 1. The van der Waals surface area contributed by atoms with E-state index in [-0.39, 0.29) is 31.4 Å². The molecule has 9 N–H and O–H groups in total. The molecular formula is C24H34N6O6S2. The van der Waals surface area contributed by atoms with Crippen LogP contribution in [-0.4, -0.2) is 81.6 Å². The second kappa shape index (κ2) is 15.2. The van der Waals surface area contributed by atoms with E-state index >= 15 is 0 Å². The average Bonchev–Trinajstić information content (AvgIpc) is 3.30. The summed E-state index contributed by atoms with van der Waals surface area (Å²) >= 11 is 5.49. The van der Waals surface area contributed by atoms with Gasteiger partial charge in [0, 0.05) is 35.7 Å². The van der Waals surface area contributed by atoms with Crippen molar-refractivity contribution >= 4 is 64.9 Å². The second-order valence-electron chi connectivity index (χ2n) is 8.66. The van der Waals surface area contributed by atoms with Gasteiger partial charge in [-0.05, 0) is 36.5 Å². The van der Waals surface area contributed by atoms with Gasteiger partial charge in [-0.15, -0.1) is 0 Å². The summed E-state index contributed by atoms with van der Waals surface area (Å²) < 4.78 is 0. The van der Waals surface area contributed by atoms with Gasteiger partial charge in [-0.3, -0.25) is 19.2 Å². The van der Waals surface area contributed by atoms with Crippen LogP contribution in [0.5, 0.6) is 0 Å². The maximum absolute atomic E-state index is 13.3. The Morgan fingerprint density at radius 3 is 2.26 bits per heavy atom. The van der Waals surface area contributed by atoms with Crippen LogP contribution in [0, 0.1) is 0 Å². The Morgan fingerprint density at radius 1 is 1.00 bits per heavy atom. The first-order chi connectivity index (χ1) is 18.1. The van der Waals surface area contributed by atoms with E-state index in [4.69, 9.17) is 11.5 Å². The molecule has 1 heterocycles. The topological polar surface area (TPSA) is 209 Å². The molecule has 0 spiro atoms. The summed E-state index contributed by atoms with van der Waals surface area (Å²) in [7, 11) is 0. The Kier molecular flexibility index (Phi) is 12.4. The number of benzene rings is 1. The zero-order chi connectivity index (χ0) is 28.2. The second-order valence-corrected chi connectivity index (χ2v) is 10.0. The van der Waals surface area contributed by atoms with E-state index in [1.807, 2.05) is 30.5 Å². The molecular weight excluding hydrogens is 532 g/mol. The van der Waals surface area contributed by atoms with Crippen LogP contribution in [0.1, 0.15) is 24.8 Å². The van der Waals surface area contributed by atoms with Gasteiger partial charge in [-0.2, -0.15) is 24.4 Å². The fourth-order valence-corrected chi connectivity index (χ4v) is 4.32. The molecule has 38 heavy (non-hydrogen) atoms. The number of hydrogen-bond acceptors (Lipinski definition) is 8. The molecule has 0 bridgehead atoms. The lowest BCUT2D eigenvalue weighted by atomic mass is 10.0. The molecule has 4 atom stereocenters. The number of rotatable bonds is 16. The van der Waals surface area contributed by atoms with Crippen molar-refractivity contribution in [2.24, 2.45) is 11.5 Å². The molecule has 4 unspecified atom stereocenters. The molecule has 1 aromatic heterocycles. The van der Waals surface area contributed by atoms with Crippen molar-refractivity contribution in [3.05, 3.63) is 36.0 Å². The van der Waals surface area contributed by atoms with Crippen molar-refractivity contribution < 1.29 is 29.1 Å². The van der Waals surface area contributed by atoms with Crippen molar-refractivity contribution in [2.45, 2.75) is 49.9 Å². The number of nitrogens with two attached hydrogens (primary N) is 2. The van der Waals surface area contributed by atoms with E-state index in [9.17, 15) is 29.1 Å². The van der Waals surface area contributed by atoms with Crippen molar-refractivity contribution in [1.82, 2.24) is 20.9 Å². The Hall–Kier alpha value is -3.23. The number of aromatic amines is 1. The molecule has 4 amide bonds. The van der Waals surface area contributed by atoms with Gasteiger partial charge < -0.3 is 37.5 Å². The maximum atomic E-state index is 13.3. The Morgan fingerprint density at radius 2 is 1.63 bits per heavy atom. The highest BCUT2D eigenvalue weighted by Crippen LogP contribution is 2.19. The number of hydrogen-bond donors (Lipinski definition) is 8. The van der Waals surface area contributed by atoms with E-state index in [1.165, 1.54) is 11.8 Å². The molecule has 208 valence electrons. The van der Waals surface area contributed by atoms with Crippen LogP contribution in [0.4, 0.5) is 0 Å². The standard InChI is InChI=1S/C24H34N6O6S2/c1-38-9-8-17(28-21(32)15(25)12-37)22(33)30-19(10-13-11-27-16-5-3-2-4-14(13)16)23(34)29-18(24(35)36)6-7-20(26)31/h2-5,11,15,17-19,27,37H,6-10,12,25H2,1H3,(H2,26,31)(H,28,32)(H,29,34)(H,30,33)(H,35,36). The zero-order valence-electron chi connectivity index (χ0n) is 20.9. The summed E-state index contributed by atoms with van der Waals surface area (Å²) in [6.45, 7) is 0. The summed E-state index contributed by atoms with van der Waals surface area (Å²) in [5, 5.41) is 18.0. The van der Waals surface area contributed by atoms with Gasteiger partial charge in [0.05, 0.1) is 6.04 Å². The van der Waals surface area contributed by atoms with Crippen molar-refractivity contribution in [3.8, 4) is 0 Å². The lowest BCUT2D eigenvalue weighted by Crippen LogP contribution is -2.58. The normalized spacial score (nSPS) is 14.2. The van der Waals surface area contributed by atoms with E-state index < -0.39 is 53.8 Å². The van der Waals surface area contributed by atoms with Crippen molar-refractivity contribution in [2.75, 3.05) is 17.8 Å². The van der Waals surface area contributed by atoms with Crippen LogP contribution in [0.3, 0.4) is 0 Å². The number of thiol groups is 1. The Balaban J connectivity index is 2.31. The summed E-state index contributed by atoms with van der Waals surface area (Å²) in [5.74, 6) is -3.37. The molecule has 0 saturated carbocycles. The number of amides is 4. The number of aromatic nitrogens is 1. The summed E-state index contributed by atoms with van der Waals surface area (Å²) in [5.41, 5.74) is 12.4. The number of H-pyrrole nitrogens is 1. The number of primary amides is 1. The third-order valence-corrected chi connectivity index (χ3v) is 6.84. The highest BCUT2D eigenvalue weighted by molar-refractivity contribution is 7.98. The predicted molar refractivity (Wildman–Crippen MR) is 149 cm³/mol. The molecule has 2 rings (SSSR count). The quantitative estimate of drug-likeness (QED) is 0.124. The van der Waals surface area contributed by atoms with Crippen molar-refractivity contribution in [1.29, 1.82) is 0 Å². The molecule has 12 nitrogen and oxygen atoms in total. The van der Waals surface area contributed by atoms with Gasteiger partial charge in [-0.1, -0.05) is 18.2 Å². The fraction of sp³-hybridized carbons (Fsp3) is 0.458. The zero-order valence-corrected chi connectivity index (χ0v) is 22.6. The van der Waals surface area contributed by atoms with E-state index in [1.54, 1.807) is 6.20 Å². The molecule has 0 saturated heterocycles. The van der Waals surface area contributed by atoms with Gasteiger partial charge in [-0.25, -0.2) is 4.79 Å². The number of nitrogens with one attached hydrogen (secondary N) is 4. The summed E-state index contributed by atoms with van der Waals surface area (Å²) in [6.07, 6.45) is 3.40. The fourth-order valence-electron chi connectivity index (χ4n) is 3.68. The van der Waals surface area contributed by atoms with Gasteiger partial charge in [0.1, 0.15) is 18.1 Å². The monoisotopic (exact) mass is 566 g/mol. The summed E-state index contributed by atoms with van der Waals surface area (Å²) in [6, 6.07) is 2.90. The van der Waals surface area contributed by atoms with Crippen LogP contribution in [0.2, 0.25) is 0 Å². The first-order valence-corrected chi connectivity index (χ1v) is 13.9. The molecule has 1 aromatic carbocycles. The van der Waals surface area contributed by atoms with Crippen LogP contribution < -0.4 is 27.4 Å². The van der Waals surface area contributed by atoms with Crippen LogP contribution in [0.15, 0.2) is 30.5 Å².